The Hall–Kier alpha value is -1.16. The predicted molar refractivity (Wildman–Crippen MR) is 63.1 cm³/mol. The van der Waals surface area contributed by atoms with Gasteiger partial charge < -0.3 is 0 Å². The summed E-state index contributed by atoms with van der Waals surface area (Å²) in [6, 6.07) is 5.68. The van der Waals surface area contributed by atoms with Crippen molar-refractivity contribution in [2.24, 2.45) is 0 Å². The maximum Gasteiger partial charge on any atom is 0.161 e. The molecule has 1 heterocycles. The van der Waals surface area contributed by atoms with Crippen LogP contribution in [0.4, 0.5) is 0 Å². The highest BCUT2D eigenvalue weighted by Crippen LogP contribution is 2.26. The van der Waals surface area contributed by atoms with Crippen molar-refractivity contribution in [3.05, 3.63) is 28.4 Å². The summed E-state index contributed by atoms with van der Waals surface area (Å²) in [6.07, 6.45) is 0. The highest BCUT2D eigenvalue weighted by atomic mass is 79.9. The molecule has 0 N–H and O–H groups in total. The molecule has 0 saturated carbocycles. The van der Waals surface area contributed by atoms with Crippen LogP contribution in [0.5, 0.6) is 0 Å². The zero-order valence-electron chi connectivity index (χ0n) is 8.62. The maximum atomic E-state index is 11.5. The van der Waals surface area contributed by atoms with E-state index >= 15 is 0 Å². The zero-order chi connectivity index (χ0) is 11.0. The highest BCUT2D eigenvalue weighted by molar-refractivity contribution is 9.10. The van der Waals surface area contributed by atoms with Gasteiger partial charge in [-0.05, 0) is 41.9 Å². The number of nitrogens with zero attached hydrogens (tertiary/aromatic N) is 2. The number of ketones is 1. The number of aromatic nitrogens is 2. The molecule has 0 amide bonds. The molecule has 4 heteroatoms. The van der Waals surface area contributed by atoms with Gasteiger partial charge in [0.1, 0.15) is 4.60 Å². The third kappa shape index (κ3) is 1.59. The number of para-hydroxylation sites is 1. The third-order valence-corrected chi connectivity index (χ3v) is 2.99. The summed E-state index contributed by atoms with van der Waals surface area (Å²) in [7, 11) is 0. The molecule has 1 aromatic heterocycles. The molecule has 2 rings (SSSR count). The van der Waals surface area contributed by atoms with Gasteiger partial charge in [0, 0.05) is 17.5 Å². The van der Waals surface area contributed by atoms with Crippen LogP contribution in [0.2, 0.25) is 0 Å². The molecule has 1 aromatic carbocycles. The van der Waals surface area contributed by atoms with Crippen molar-refractivity contribution >= 4 is 32.6 Å². The summed E-state index contributed by atoms with van der Waals surface area (Å²) in [5.74, 6) is 0.0719. The quantitative estimate of drug-likeness (QED) is 0.784. The van der Waals surface area contributed by atoms with E-state index in [0.29, 0.717) is 0 Å². The Balaban J connectivity index is 2.88. The van der Waals surface area contributed by atoms with Crippen LogP contribution in [0.3, 0.4) is 0 Å². The van der Waals surface area contributed by atoms with Crippen molar-refractivity contribution in [2.45, 2.75) is 20.4 Å². The van der Waals surface area contributed by atoms with Crippen LogP contribution in [0.25, 0.3) is 10.9 Å². The Morgan fingerprint density at radius 1 is 1.53 bits per heavy atom. The van der Waals surface area contributed by atoms with E-state index in [1.807, 2.05) is 29.8 Å². The molecule has 3 nitrogen and oxygen atoms in total. The standard InChI is InChI=1S/C11H11BrN2O/c1-3-14-10-8(7(2)15)5-4-6-9(10)11(12)13-14/h4-6H,3H2,1-2H3. The summed E-state index contributed by atoms with van der Waals surface area (Å²) >= 11 is 3.40. The first-order valence-corrected chi connectivity index (χ1v) is 5.60. The lowest BCUT2D eigenvalue weighted by atomic mass is 10.1. The summed E-state index contributed by atoms with van der Waals surface area (Å²) in [6.45, 7) is 4.35. The second-order valence-corrected chi connectivity index (χ2v) is 4.12. The summed E-state index contributed by atoms with van der Waals surface area (Å²) in [4.78, 5) is 11.5. The molecule has 0 spiro atoms. The van der Waals surface area contributed by atoms with Crippen LogP contribution in [0.1, 0.15) is 24.2 Å². The Morgan fingerprint density at radius 2 is 2.27 bits per heavy atom. The number of hydrogen-bond donors (Lipinski definition) is 0. The van der Waals surface area contributed by atoms with E-state index < -0.39 is 0 Å². The molecule has 0 aliphatic carbocycles. The molecule has 0 aliphatic rings. The van der Waals surface area contributed by atoms with Crippen LogP contribution in [-0.2, 0) is 6.54 Å². The van der Waals surface area contributed by atoms with Crippen LogP contribution in [-0.4, -0.2) is 15.6 Å². The minimum absolute atomic E-state index is 0.0719. The van der Waals surface area contributed by atoms with E-state index in [2.05, 4.69) is 21.0 Å². The molecule has 0 aliphatic heterocycles. The smallest absolute Gasteiger partial charge is 0.161 e. The number of aryl methyl sites for hydroxylation is 1. The van der Waals surface area contributed by atoms with Crippen LogP contribution < -0.4 is 0 Å². The predicted octanol–water partition coefficient (Wildman–Crippen LogP) is 3.02. The molecule has 78 valence electrons. The van der Waals surface area contributed by atoms with E-state index in [0.717, 1.165) is 27.6 Å². The molecular formula is C11H11BrN2O. The molecular weight excluding hydrogens is 256 g/mol. The number of Topliss-reactive ketones (excluding diaryl/α,β-unsaturated/α-hetero) is 1. The molecule has 0 bridgehead atoms. The van der Waals surface area contributed by atoms with E-state index in [4.69, 9.17) is 0 Å². The topological polar surface area (TPSA) is 34.9 Å². The number of carbonyl (C=O) groups is 1. The van der Waals surface area contributed by atoms with Gasteiger partial charge in [-0.2, -0.15) is 5.10 Å². The summed E-state index contributed by atoms with van der Waals surface area (Å²) in [5.41, 5.74) is 1.65. The van der Waals surface area contributed by atoms with E-state index in [1.54, 1.807) is 6.92 Å². The lowest BCUT2D eigenvalue weighted by Crippen LogP contribution is -2.01. The van der Waals surface area contributed by atoms with Crippen LogP contribution in [0.15, 0.2) is 22.8 Å². The van der Waals surface area contributed by atoms with E-state index in [-0.39, 0.29) is 5.78 Å². The second-order valence-electron chi connectivity index (χ2n) is 3.36. The molecule has 15 heavy (non-hydrogen) atoms. The number of hydrogen-bond acceptors (Lipinski definition) is 2. The van der Waals surface area contributed by atoms with Gasteiger partial charge in [0.2, 0.25) is 0 Å². The van der Waals surface area contributed by atoms with Crippen LogP contribution in [0, 0.1) is 0 Å². The number of carbonyl (C=O) groups excluding carboxylic acids is 1. The summed E-state index contributed by atoms with van der Waals surface area (Å²) in [5, 5.41) is 5.32. The van der Waals surface area contributed by atoms with Gasteiger partial charge in [0.05, 0.1) is 5.52 Å². The van der Waals surface area contributed by atoms with Gasteiger partial charge in [-0.25, -0.2) is 0 Å². The molecule has 2 aromatic rings. The Labute approximate surface area is 96.2 Å². The monoisotopic (exact) mass is 266 g/mol. The zero-order valence-corrected chi connectivity index (χ0v) is 10.2. The van der Waals surface area contributed by atoms with Gasteiger partial charge in [-0.15, -0.1) is 0 Å². The molecule has 0 atom stereocenters. The van der Waals surface area contributed by atoms with Gasteiger partial charge >= 0.3 is 0 Å². The lowest BCUT2D eigenvalue weighted by Gasteiger charge is -2.02. The van der Waals surface area contributed by atoms with Gasteiger partial charge in [0.25, 0.3) is 0 Å². The van der Waals surface area contributed by atoms with Crippen molar-refractivity contribution in [3.8, 4) is 0 Å². The number of rotatable bonds is 2. The second kappa shape index (κ2) is 3.77. The Bertz CT molecular complexity index is 531. The first-order valence-electron chi connectivity index (χ1n) is 4.81. The number of benzene rings is 1. The minimum atomic E-state index is 0.0719. The highest BCUT2D eigenvalue weighted by Gasteiger charge is 2.13. The average Bonchev–Trinajstić information content (AvgIpc) is 2.55. The van der Waals surface area contributed by atoms with Crippen molar-refractivity contribution in [1.82, 2.24) is 9.78 Å². The fourth-order valence-electron chi connectivity index (χ4n) is 1.71. The molecule has 0 unspecified atom stereocenters. The SMILES string of the molecule is CCn1nc(Br)c2cccc(C(C)=O)c21. The van der Waals surface area contributed by atoms with Crippen molar-refractivity contribution < 1.29 is 4.79 Å². The largest absolute Gasteiger partial charge is 0.294 e. The maximum absolute atomic E-state index is 11.5. The normalized spacial score (nSPS) is 10.9. The van der Waals surface area contributed by atoms with Crippen LogP contribution >= 0.6 is 15.9 Å². The summed E-state index contributed by atoms with van der Waals surface area (Å²) < 4.78 is 2.64. The first kappa shape index (κ1) is 10.4. The van der Waals surface area contributed by atoms with Gasteiger partial charge in [0.15, 0.2) is 5.78 Å². The van der Waals surface area contributed by atoms with Crippen molar-refractivity contribution in [2.75, 3.05) is 0 Å². The average molecular weight is 267 g/mol. The van der Waals surface area contributed by atoms with Crippen molar-refractivity contribution in [1.29, 1.82) is 0 Å². The minimum Gasteiger partial charge on any atom is -0.294 e. The molecule has 0 fully saturated rings. The third-order valence-electron chi connectivity index (χ3n) is 2.40. The van der Waals surface area contributed by atoms with Gasteiger partial charge in [-0.1, -0.05) is 6.07 Å². The van der Waals surface area contributed by atoms with E-state index in [1.165, 1.54) is 0 Å². The fraction of sp³-hybridized carbons (Fsp3) is 0.273. The fourth-order valence-corrected chi connectivity index (χ4v) is 2.22. The van der Waals surface area contributed by atoms with Crippen molar-refractivity contribution in [3.63, 3.8) is 0 Å². The number of halogens is 1. The molecule has 0 saturated heterocycles. The lowest BCUT2D eigenvalue weighted by molar-refractivity contribution is 0.101. The first-order chi connectivity index (χ1) is 7.15. The Morgan fingerprint density at radius 3 is 2.87 bits per heavy atom. The Kier molecular flexibility index (Phi) is 2.61. The van der Waals surface area contributed by atoms with Gasteiger partial charge in [-0.3, -0.25) is 9.48 Å². The van der Waals surface area contributed by atoms with E-state index in [9.17, 15) is 4.79 Å². The molecule has 0 radical (unpaired) electrons. The number of fused-ring (bicyclic) bond motifs is 1.